The zero-order valence-electron chi connectivity index (χ0n) is 5.90. The second-order valence-electron chi connectivity index (χ2n) is 2.24. The molecule has 0 saturated carbocycles. The van der Waals surface area contributed by atoms with Gasteiger partial charge in [0.25, 0.3) is 0 Å². The van der Waals surface area contributed by atoms with Crippen molar-refractivity contribution in [2.75, 3.05) is 0 Å². The van der Waals surface area contributed by atoms with Crippen LogP contribution >= 0.6 is 11.5 Å². The Morgan fingerprint density at radius 1 is 1.00 bits per heavy atom. The molecule has 54 valence electrons. The van der Waals surface area contributed by atoms with Crippen LogP contribution in [-0.4, -0.2) is 4.37 Å². The lowest BCUT2D eigenvalue weighted by atomic mass is 10.2. The number of nitrogens with zero attached hydrogens (tertiary/aromatic N) is 1. The van der Waals surface area contributed by atoms with E-state index in [0.29, 0.717) is 0 Å². The Morgan fingerprint density at radius 2 is 1.82 bits per heavy atom. The van der Waals surface area contributed by atoms with Crippen molar-refractivity contribution in [2.45, 2.75) is 0 Å². The van der Waals surface area contributed by atoms with Crippen molar-refractivity contribution in [3.63, 3.8) is 0 Å². The maximum Gasteiger partial charge on any atom is 0.0549 e. The lowest BCUT2D eigenvalue weighted by molar-refractivity contribution is 1.58. The Hall–Kier alpha value is -1.15. The van der Waals surface area contributed by atoms with Crippen molar-refractivity contribution < 1.29 is 0 Å². The van der Waals surface area contributed by atoms with E-state index >= 15 is 0 Å². The third kappa shape index (κ3) is 1.30. The first kappa shape index (κ1) is 6.55. The van der Waals surface area contributed by atoms with Gasteiger partial charge in [0, 0.05) is 6.20 Å². The van der Waals surface area contributed by atoms with Gasteiger partial charge in [-0.2, -0.15) is 0 Å². The third-order valence-corrected chi connectivity index (χ3v) is 2.29. The van der Waals surface area contributed by atoms with E-state index in [-0.39, 0.29) is 0 Å². The van der Waals surface area contributed by atoms with Gasteiger partial charge in [0.15, 0.2) is 0 Å². The fourth-order valence-corrected chi connectivity index (χ4v) is 1.57. The maximum absolute atomic E-state index is 4.04. The molecule has 0 amide bonds. The van der Waals surface area contributed by atoms with E-state index in [0.717, 1.165) is 0 Å². The topological polar surface area (TPSA) is 12.9 Å². The molecule has 2 aromatic rings. The molecule has 0 N–H and O–H groups in total. The monoisotopic (exact) mass is 161 g/mol. The van der Waals surface area contributed by atoms with E-state index in [1.165, 1.54) is 22.0 Å². The van der Waals surface area contributed by atoms with E-state index in [9.17, 15) is 0 Å². The molecular formula is C9H7NS. The summed E-state index contributed by atoms with van der Waals surface area (Å²) in [6, 6.07) is 12.3. The van der Waals surface area contributed by atoms with Gasteiger partial charge in [0.2, 0.25) is 0 Å². The number of hydrogen-bond acceptors (Lipinski definition) is 2. The van der Waals surface area contributed by atoms with Crippen LogP contribution in [0.25, 0.3) is 10.4 Å². The van der Waals surface area contributed by atoms with Crippen molar-refractivity contribution in [3.05, 3.63) is 42.6 Å². The summed E-state index contributed by atoms with van der Waals surface area (Å²) in [6.07, 6.45) is 1.83. The summed E-state index contributed by atoms with van der Waals surface area (Å²) in [4.78, 5) is 1.23. The Kier molecular flexibility index (Phi) is 1.69. The number of benzene rings is 1. The lowest BCUT2D eigenvalue weighted by Crippen LogP contribution is -1.67. The highest BCUT2D eigenvalue weighted by Crippen LogP contribution is 2.21. The molecular weight excluding hydrogens is 154 g/mol. The predicted molar refractivity (Wildman–Crippen MR) is 47.6 cm³/mol. The first-order valence-corrected chi connectivity index (χ1v) is 4.20. The van der Waals surface area contributed by atoms with Gasteiger partial charge in [-0.1, -0.05) is 30.3 Å². The maximum atomic E-state index is 4.04. The van der Waals surface area contributed by atoms with Crippen LogP contribution in [0.15, 0.2) is 42.6 Å². The first-order chi connectivity index (χ1) is 5.47. The molecule has 0 fully saturated rings. The number of rotatable bonds is 1. The second-order valence-corrected chi connectivity index (χ2v) is 3.08. The fourth-order valence-electron chi connectivity index (χ4n) is 0.967. The van der Waals surface area contributed by atoms with E-state index in [1.807, 2.05) is 30.5 Å². The number of aromatic nitrogens is 1. The largest absolute Gasteiger partial charge is 0.201 e. The molecule has 1 heterocycles. The van der Waals surface area contributed by atoms with Crippen molar-refractivity contribution in [3.8, 4) is 10.4 Å². The summed E-state index contributed by atoms with van der Waals surface area (Å²) in [5.74, 6) is 0. The zero-order chi connectivity index (χ0) is 7.52. The summed E-state index contributed by atoms with van der Waals surface area (Å²) in [5.41, 5.74) is 1.25. The molecule has 2 heteroatoms. The molecule has 0 atom stereocenters. The van der Waals surface area contributed by atoms with Crippen LogP contribution in [0.5, 0.6) is 0 Å². The summed E-state index contributed by atoms with van der Waals surface area (Å²) in [6.45, 7) is 0. The summed E-state index contributed by atoms with van der Waals surface area (Å²) in [5, 5.41) is 0. The van der Waals surface area contributed by atoms with Gasteiger partial charge in [-0.05, 0) is 23.2 Å². The Morgan fingerprint density at radius 3 is 2.45 bits per heavy atom. The van der Waals surface area contributed by atoms with Gasteiger partial charge < -0.3 is 0 Å². The molecule has 0 aliphatic rings. The minimum Gasteiger partial charge on any atom is -0.201 e. The van der Waals surface area contributed by atoms with Crippen LogP contribution in [0.4, 0.5) is 0 Å². The highest BCUT2D eigenvalue weighted by atomic mass is 32.1. The minimum atomic E-state index is 1.23. The second kappa shape index (κ2) is 2.84. The van der Waals surface area contributed by atoms with Gasteiger partial charge in [-0.25, -0.2) is 4.37 Å². The molecule has 0 radical (unpaired) electrons. The highest BCUT2D eigenvalue weighted by Gasteiger charge is 1.95. The summed E-state index contributed by atoms with van der Waals surface area (Å²) < 4.78 is 4.04. The molecule has 1 aromatic carbocycles. The Bertz CT molecular complexity index is 313. The van der Waals surface area contributed by atoms with Gasteiger partial charge >= 0.3 is 0 Å². The molecule has 0 aliphatic heterocycles. The quantitative estimate of drug-likeness (QED) is 0.626. The van der Waals surface area contributed by atoms with Gasteiger partial charge in [0.1, 0.15) is 0 Å². The number of hydrogen-bond donors (Lipinski definition) is 0. The molecule has 0 bridgehead atoms. The molecule has 1 aromatic heterocycles. The highest BCUT2D eigenvalue weighted by molar-refractivity contribution is 7.09. The van der Waals surface area contributed by atoms with E-state index in [4.69, 9.17) is 0 Å². The average molecular weight is 161 g/mol. The first-order valence-electron chi connectivity index (χ1n) is 3.43. The molecule has 0 aliphatic carbocycles. The molecule has 0 saturated heterocycles. The average Bonchev–Trinajstić information content (AvgIpc) is 2.58. The molecule has 1 nitrogen and oxygen atoms in total. The molecule has 2 rings (SSSR count). The normalized spacial score (nSPS) is 9.82. The predicted octanol–water partition coefficient (Wildman–Crippen LogP) is 2.81. The van der Waals surface area contributed by atoms with E-state index in [1.54, 1.807) is 0 Å². The van der Waals surface area contributed by atoms with Crippen molar-refractivity contribution in [2.24, 2.45) is 0 Å². The van der Waals surface area contributed by atoms with Crippen LogP contribution in [0.1, 0.15) is 0 Å². The lowest BCUT2D eigenvalue weighted by Gasteiger charge is -1.92. The van der Waals surface area contributed by atoms with Crippen LogP contribution in [0.3, 0.4) is 0 Å². The van der Waals surface area contributed by atoms with E-state index in [2.05, 4.69) is 16.5 Å². The van der Waals surface area contributed by atoms with Crippen molar-refractivity contribution >= 4 is 11.5 Å². The zero-order valence-corrected chi connectivity index (χ0v) is 6.71. The molecule has 0 spiro atoms. The van der Waals surface area contributed by atoms with Crippen molar-refractivity contribution in [1.29, 1.82) is 0 Å². The summed E-state index contributed by atoms with van der Waals surface area (Å²) >= 11 is 1.53. The van der Waals surface area contributed by atoms with Crippen LogP contribution in [0, 0.1) is 0 Å². The van der Waals surface area contributed by atoms with Gasteiger partial charge in [0.05, 0.1) is 4.88 Å². The van der Waals surface area contributed by atoms with Crippen LogP contribution in [0.2, 0.25) is 0 Å². The van der Waals surface area contributed by atoms with Gasteiger partial charge in [-0.3, -0.25) is 0 Å². The van der Waals surface area contributed by atoms with Gasteiger partial charge in [-0.15, -0.1) is 0 Å². The molecule has 0 unspecified atom stereocenters. The third-order valence-electron chi connectivity index (χ3n) is 1.50. The smallest absolute Gasteiger partial charge is 0.0549 e. The SMILES string of the molecule is c1ccc(-c2ccns2)cc1. The van der Waals surface area contributed by atoms with E-state index < -0.39 is 0 Å². The Labute approximate surface area is 69.5 Å². The van der Waals surface area contributed by atoms with Crippen LogP contribution < -0.4 is 0 Å². The van der Waals surface area contributed by atoms with Crippen LogP contribution in [-0.2, 0) is 0 Å². The fraction of sp³-hybridized carbons (Fsp3) is 0. The Balaban J connectivity index is 2.46. The minimum absolute atomic E-state index is 1.23. The summed E-state index contributed by atoms with van der Waals surface area (Å²) in [7, 11) is 0. The van der Waals surface area contributed by atoms with Crippen molar-refractivity contribution in [1.82, 2.24) is 4.37 Å². The molecule has 11 heavy (non-hydrogen) atoms. The standard InChI is InChI=1S/C9H7NS/c1-2-4-8(5-3-1)9-6-7-10-11-9/h1-7H.